The van der Waals surface area contributed by atoms with E-state index in [-0.39, 0.29) is 10.8 Å². The van der Waals surface area contributed by atoms with Gasteiger partial charge in [0.25, 0.3) is 10.0 Å². The Bertz CT molecular complexity index is 926. The minimum atomic E-state index is -4.00. The lowest BCUT2D eigenvalue weighted by molar-refractivity contribution is 0.256. The lowest BCUT2D eigenvalue weighted by Crippen LogP contribution is -2.35. The second-order valence-electron chi connectivity index (χ2n) is 5.69. The van der Waals surface area contributed by atoms with Crippen LogP contribution < -0.4 is 10.0 Å². The van der Waals surface area contributed by atoms with E-state index in [0.717, 1.165) is 12.0 Å². The van der Waals surface area contributed by atoms with E-state index >= 15 is 0 Å². The van der Waals surface area contributed by atoms with Crippen LogP contribution in [0.5, 0.6) is 0 Å². The van der Waals surface area contributed by atoms with Crippen molar-refractivity contribution in [3.05, 3.63) is 35.4 Å². The van der Waals surface area contributed by atoms with Gasteiger partial charge in [-0.1, -0.05) is 19.1 Å². The zero-order valence-corrected chi connectivity index (χ0v) is 15.5. The van der Waals surface area contributed by atoms with Gasteiger partial charge in [-0.15, -0.1) is 11.8 Å². The van der Waals surface area contributed by atoms with E-state index < -0.39 is 16.1 Å². The molecular weight excluding hydrogens is 362 g/mol. The summed E-state index contributed by atoms with van der Waals surface area (Å²) in [5.74, 6) is 0.854. The van der Waals surface area contributed by atoms with Crippen LogP contribution in [-0.2, 0) is 16.4 Å². The summed E-state index contributed by atoms with van der Waals surface area (Å²) in [6.45, 7) is 5.34. The lowest BCUT2D eigenvalue weighted by Gasteiger charge is -2.11. The van der Waals surface area contributed by atoms with Crippen LogP contribution in [0.4, 0.5) is 10.7 Å². The summed E-state index contributed by atoms with van der Waals surface area (Å²) in [4.78, 5) is 24.8. The van der Waals surface area contributed by atoms with Crippen LogP contribution in [0.3, 0.4) is 0 Å². The molecule has 25 heavy (non-hydrogen) atoms. The first-order chi connectivity index (χ1) is 11.7. The predicted molar refractivity (Wildman–Crippen MR) is 94.1 cm³/mol. The number of hydrogen-bond donors (Lipinski definition) is 2. The number of nitrogens with one attached hydrogen (secondary N) is 2. The molecule has 0 saturated carbocycles. The van der Waals surface area contributed by atoms with Crippen LogP contribution in [0.15, 0.2) is 28.0 Å². The van der Waals surface area contributed by atoms with Gasteiger partial charge < -0.3 is 0 Å². The molecule has 0 spiro atoms. The molecule has 0 radical (unpaired) electrons. The maximum atomic E-state index is 12.6. The largest absolute Gasteiger partial charge is 0.335 e. The highest BCUT2D eigenvalue weighted by Crippen LogP contribution is 2.40. The average molecular weight is 379 g/mol. The van der Waals surface area contributed by atoms with Gasteiger partial charge in [0.2, 0.25) is 5.95 Å². The smallest absolute Gasteiger partial charge is 0.275 e. The van der Waals surface area contributed by atoms with Crippen molar-refractivity contribution in [1.82, 2.24) is 19.7 Å². The number of aromatic nitrogens is 3. The number of amides is 2. The van der Waals surface area contributed by atoms with Gasteiger partial charge in [-0.3, -0.25) is 5.32 Å². The van der Waals surface area contributed by atoms with Crippen molar-refractivity contribution >= 4 is 33.8 Å². The first kappa shape index (κ1) is 17.6. The molecule has 0 fully saturated rings. The van der Waals surface area contributed by atoms with E-state index in [1.165, 1.54) is 17.8 Å². The van der Waals surface area contributed by atoms with Crippen LogP contribution in [0.2, 0.25) is 0 Å². The van der Waals surface area contributed by atoms with Gasteiger partial charge in [-0.05, 0) is 31.9 Å². The number of nitrogens with zero attached hydrogens (tertiary/aromatic N) is 3. The Morgan fingerprint density at radius 2 is 1.88 bits per heavy atom. The molecule has 1 unspecified atom stereocenters. The summed E-state index contributed by atoms with van der Waals surface area (Å²) in [5.41, 5.74) is 0.976. The highest BCUT2D eigenvalue weighted by Gasteiger charge is 2.28. The van der Waals surface area contributed by atoms with Crippen LogP contribution in [0, 0.1) is 13.8 Å². The summed E-state index contributed by atoms with van der Waals surface area (Å²) in [7, 11) is -4.00. The number of carbonyl (C=O) groups is 1. The van der Waals surface area contributed by atoms with Crippen LogP contribution in [0.1, 0.15) is 24.1 Å². The quantitative estimate of drug-likeness (QED) is 0.838. The fourth-order valence-electron chi connectivity index (χ4n) is 2.60. The summed E-state index contributed by atoms with van der Waals surface area (Å²) in [6, 6.07) is 4.17. The van der Waals surface area contributed by atoms with Gasteiger partial charge in [0.1, 0.15) is 16.5 Å². The fraction of sp³-hybridized carbons (Fsp3) is 0.333. The predicted octanol–water partition coefficient (Wildman–Crippen LogP) is 2.04. The van der Waals surface area contributed by atoms with Crippen molar-refractivity contribution in [3.8, 4) is 0 Å². The Kier molecular flexibility index (Phi) is 4.65. The summed E-state index contributed by atoms with van der Waals surface area (Å²) in [5, 5.41) is 2.63. The van der Waals surface area contributed by atoms with E-state index in [9.17, 15) is 13.2 Å². The molecule has 0 bridgehead atoms. The van der Waals surface area contributed by atoms with Crippen LogP contribution >= 0.6 is 11.8 Å². The molecule has 2 aromatic rings. The standard InChI is InChI=1S/C15H17N5O3S2/c1-8-7-11-5-4-6-12(13(11)24-8)25(22,23)20-15(21)19-14-17-9(2)16-10(3)18-14/h4-6,8H,7H2,1-3H3,(H2,16,17,18,19,20,21). The van der Waals surface area contributed by atoms with Gasteiger partial charge in [-0.2, -0.15) is 9.97 Å². The Balaban J connectivity index is 1.80. The number of hydrogen-bond acceptors (Lipinski definition) is 7. The van der Waals surface area contributed by atoms with Crippen molar-refractivity contribution in [3.63, 3.8) is 0 Å². The van der Waals surface area contributed by atoms with Gasteiger partial charge in [0, 0.05) is 10.1 Å². The van der Waals surface area contributed by atoms with E-state index in [0.29, 0.717) is 21.8 Å². The van der Waals surface area contributed by atoms with Crippen LogP contribution in [-0.4, -0.2) is 34.7 Å². The summed E-state index contributed by atoms with van der Waals surface area (Å²) >= 11 is 1.50. The lowest BCUT2D eigenvalue weighted by atomic mass is 10.1. The second-order valence-corrected chi connectivity index (χ2v) is 8.79. The van der Waals surface area contributed by atoms with Crippen molar-refractivity contribution in [1.29, 1.82) is 0 Å². The Hall–Kier alpha value is -2.20. The maximum absolute atomic E-state index is 12.6. The first-order valence-corrected chi connectivity index (χ1v) is 9.92. The second kappa shape index (κ2) is 6.60. The Morgan fingerprint density at radius 1 is 1.20 bits per heavy atom. The molecule has 0 aliphatic carbocycles. The molecule has 2 amide bonds. The molecule has 1 aromatic heterocycles. The van der Waals surface area contributed by atoms with Gasteiger partial charge in [0.15, 0.2) is 0 Å². The Morgan fingerprint density at radius 3 is 2.56 bits per heavy atom. The third kappa shape index (κ3) is 3.90. The third-order valence-electron chi connectivity index (χ3n) is 3.49. The fourth-order valence-corrected chi connectivity index (χ4v) is 5.26. The highest BCUT2D eigenvalue weighted by atomic mass is 32.2. The van der Waals surface area contributed by atoms with E-state index in [2.05, 4.69) is 20.3 Å². The summed E-state index contributed by atoms with van der Waals surface area (Å²) < 4.78 is 27.2. The number of thioether (sulfide) groups is 1. The van der Waals surface area contributed by atoms with Gasteiger partial charge in [0.05, 0.1) is 0 Å². The SMILES string of the molecule is Cc1nc(C)nc(NC(=O)NS(=O)(=O)c2cccc3c2SC(C)C3)n1. The molecule has 1 aromatic carbocycles. The minimum Gasteiger partial charge on any atom is -0.275 e. The van der Waals surface area contributed by atoms with E-state index in [1.54, 1.807) is 19.9 Å². The molecule has 2 N–H and O–H groups in total. The number of urea groups is 1. The zero-order chi connectivity index (χ0) is 18.2. The maximum Gasteiger partial charge on any atom is 0.335 e. The molecule has 132 valence electrons. The van der Waals surface area contributed by atoms with Gasteiger partial charge >= 0.3 is 6.03 Å². The monoisotopic (exact) mass is 379 g/mol. The number of anilines is 1. The number of sulfonamides is 1. The number of fused-ring (bicyclic) bond motifs is 1. The number of benzene rings is 1. The van der Waals surface area contributed by atoms with Gasteiger partial charge in [-0.25, -0.2) is 22.9 Å². The topological polar surface area (TPSA) is 114 Å². The molecular formula is C15H17N5O3S2. The van der Waals surface area contributed by atoms with Crippen molar-refractivity contribution in [2.24, 2.45) is 0 Å². The normalized spacial score (nSPS) is 16.4. The highest BCUT2D eigenvalue weighted by molar-refractivity contribution is 8.01. The molecule has 2 heterocycles. The third-order valence-corrected chi connectivity index (χ3v) is 6.28. The molecule has 1 atom stereocenters. The van der Waals surface area contributed by atoms with Crippen LogP contribution in [0.25, 0.3) is 0 Å². The first-order valence-electron chi connectivity index (χ1n) is 7.56. The number of aryl methyl sites for hydroxylation is 2. The van der Waals surface area contributed by atoms with Crippen molar-refractivity contribution in [2.45, 2.75) is 42.2 Å². The molecule has 8 nitrogen and oxygen atoms in total. The zero-order valence-electron chi connectivity index (χ0n) is 13.9. The molecule has 10 heteroatoms. The number of rotatable bonds is 3. The molecule has 1 aliphatic heterocycles. The van der Waals surface area contributed by atoms with E-state index in [4.69, 9.17) is 0 Å². The molecule has 0 saturated heterocycles. The average Bonchev–Trinajstić information content (AvgIpc) is 2.84. The number of carbonyl (C=O) groups excluding carboxylic acids is 1. The van der Waals surface area contributed by atoms with Crippen molar-refractivity contribution in [2.75, 3.05) is 5.32 Å². The van der Waals surface area contributed by atoms with E-state index in [1.807, 2.05) is 17.7 Å². The minimum absolute atomic E-state index is 0.000937. The summed E-state index contributed by atoms with van der Waals surface area (Å²) in [6.07, 6.45) is 0.805. The molecule has 3 rings (SSSR count). The van der Waals surface area contributed by atoms with Crippen molar-refractivity contribution < 1.29 is 13.2 Å². The Labute approximate surface area is 149 Å². The molecule has 1 aliphatic rings.